The van der Waals surface area contributed by atoms with Crippen molar-refractivity contribution in [3.8, 4) is 0 Å². The Morgan fingerprint density at radius 3 is 2.78 bits per heavy atom. The molecule has 1 N–H and O–H groups in total. The Kier molecular flexibility index (Phi) is 6.43. The molecule has 1 atom stereocenters. The van der Waals surface area contributed by atoms with Crippen LogP contribution in [0.15, 0.2) is 12.7 Å². The second-order valence-electron chi connectivity index (χ2n) is 2.00. The molecule has 0 aliphatic rings. The van der Waals surface area contributed by atoms with Gasteiger partial charge < -0.3 is 5.11 Å². The number of allylic oxidation sites excluding steroid dienone is 1. The van der Waals surface area contributed by atoms with E-state index in [4.69, 9.17) is 5.11 Å². The predicted octanol–water partition coefficient (Wildman–Crippen LogP) is 2.10. The van der Waals surface area contributed by atoms with Crippen LogP contribution in [-0.4, -0.2) is 16.5 Å². The van der Waals surface area contributed by atoms with Crippen LogP contribution in [0, 0.1) is 0 Å². The molecule has 0 saturated heterocycles. The van der Waals surface area contributed by atoms with Gasteiger partial charge in [0.25, 0.3) is 0 Å². The highest BCUT2D eigenvalue weighted by molar-refractivity contribution is 9.09. The Morgan fingerprint density at radius 2 is 2.33 bits per heavy atom. The molecule has 0 aromatic rings. The minimum Gasteiger partial charge on any atom is -0.395 e. The monoisotopic (exact) mass is 192 g/mol. The van der Waals surface area contributed by atoms with Crippen molar-refractivity contribution >= 4 is 15.9 Å². The van der Waals surface area contributed by atoms with Crippen molar-refractivity contribution in [1.29, 1.82) is 0 Å². The molecule has 1 nitrogen and oxygen atoms in total. The van der Waals surface area contributed by atoms with Crippen LogP contribution in [0.2, 0.25) is 0 Å². The maximum atomic E-state index is 8.56. The number of unbranched alkanes of at least 4 members (excludes halogenated alkanes) is 1. The highest BCUT2D eigenvalue weighted by Crippen LogP contribution is 2.08. The van der Waals surface area contributed by atoms with E-state index in [9.17, 15) is 0 Å². The Labute approximate surface area is 64.9 Å². The van der Waals surface area contributed by atoms with Gasteiger partial charge in [0.1, 0.15) is 0 Å². The lowest BCUT2D eigenvalue weighted by molar-refractivity contribution is 0.291. The molecule has 1 unspecified atom stereocenters. The third-order valence-electron chi connectivity index (χ3n) is 1.12. The molecule has 0 amide bonds. The first-order valence-corrected chi connectivity index (χ1v) is 4.08. The summed E-state index contributed by atoms with van der Waals surface area (Å²) in [5.74, 6) is 0. The number of aliphatic hydroxyl groups is 1. The van der Waals surface area contributed by atoms with Crippen molar-refractivity contribution in [3.05, 3.63) is 12.7 Å². The van der Waals surface area contributed by atoms with E-state index >= 15 is 0 Å². The number of alkyl halides is 1. The molecule has 2 heteroatoms. The Balaban J connectivity index is 2.96. The summed E-state index contributed by atoms with van der Waals surface area (Å²) in [6.07, 6.45) is 5.09. The number of rotatable bonds is 5. The molecule has 0 bridgehead atoms. The summed E-state index contributed by atoms with van der Waals surface area (Å²) < 4.78 is 0. The molecular weight excluding hydrogens is 180 g/mol. The van der Waals surface area contributed by atoms with Gasteiger partial charge in [0.2, 0.25) is 0 Å². The first-order valence-electron chi connectivity index (χ1n) is 3.17. The highest BCUT2D eigenvalue weighted by atomic mass is 79.9. The number of halogens is 1. The normalized spacial score (nSPS) is 13.1. The van der Waals surface area contributed by atoms with E-state index in [2.05, 4.69) is 22.5 Å². The second-order valence-corrected chi connectivity index (χ2v) is 3.29. The highest BCUT2D eigenvalue weighted by Gasteiger charge is 1.98. The van der Waals surface area contributed by atoms with Gasteiger partial charge in [0.15, 0.2) is 0 Å². The van der Waals surface area contributed by atoms with Gasteiger partial charge in [-0.05, 0) is 19.3 Å². The maximum absolute atomic E-state index is 8.56. The maximum Gasteiger partial charge on any atom is 0.0556 e. The zero-order valence-corrected chi connectivity index (χ0v) is 7.10. The molecule has 0 aliphatic carbocycles. The SMILES string of the molecule is C=CCCCC(Br)CO. The average molecular weight is 193 g/mol. The zero-order chi connectivity index (χ0) is 7.11. The topological polar surface area (TPSA) is 20.2 Å². The fourth-order valence-corrected chi connectivity index (χ4v) is 0.899. The lowest BCUT2D eigenvalue weighted by Gasteiger charge is -2.02. The van der Waals surface area contributed by atoms with Crippen LogP contribution in [-0.2, 0) is 0 Å². The first-order chi connectivity index (χ1) is 4.31. The van der Waals surface area contributed by atoms with E-state index in [-0.39, 0.29) is 11.4 Å². The van der Waals surface area contributed by atoms with Crippen LogP contribution in [0.4, 0.5) is 0 Å². The van der Waals surface area contributed by atoms with Gasteiger partial charge >= 0.3 is 0 Å². The van der Waals surface area contributed by atoms with E-state index in [0.717, 1.165) is 19.3 Å². The summed E-state index contributed by atoms with van der Waals surface area (Å²) in [7, 11) is 0. The first kappa shape index (κ1) is 9.18. The minimum atomic E-state index is 0.233. The zero-order valence-electron chi connectivity index (χ0n) is 5.52. The molecule has 0 rings (SSSR count). The van der Waals surface area contributed by atoms with Crippen molar-refractivity contribution in [2.45, 2.75) is 24.1 Å². The largest absolute Gasteiger partial charge is 0.395 e. The number of hydrogen-bond donors (Lipinski definition) is 1. The van der Waals surface area contributed by atoms with Crippen LogP contribution in [0.25, 0.3) is 0 Å². The molecule has 0 aromatic heterocycles. The average Bonchev–Trinajstić information content (AvgIpc) is 1.89. The van der Waals surface area contributed by atoms with E-state index < -0.39 is 0 Å². The second kappa shape index (κ2) is 6.30. The van der Waals surface area contributed by atoms with Gasteiger partial charge in [-0.15, -0.1) is 6.58 Å². The van der Waals surface area contributed by atoms with Gasteiger partial charge in [-0.1, -0.05) is 22.0 Å². The predicted molar refractivity (Wildman–Crippen MR) is 43.8 cm³/mol. The van der Waals surface area contributed by atoms with Crippen molar-refractivity contribution in [2.75, 3.05) is 6.61 Å². The van der Waals surface area contributed by atoms with E-state index in [0.29, 0.717) is 0 Å². The summed E-state index contributed by atoms with van der Waals surface area (Å²) in [5.41, 5.74) is 0. The van der Waals surface area contributed by atoms with Gasteiger partial charge in [-0.2, -0.15) is 0 Å². The van der Waals surface area contributed by atoms with E-state index in [1.54, 1.807) is 0 Å². The lowest BCUT2D eigenvalue weighted by atomic mass is 10.2. The van der Waals surface area contributed by atoms with Crippen molar-refractivity contribution in [3.63, 3.8) is 0 Å². The number of hydrogen-bond acceptors (Lipinski definition) is 1. The molecule has 0 radical (unpaired) electrons. The van der Waals surface area contributed by atoms with Gasteiger partial charge in [0.05, 0.1) is 6.61 Å². The Hall–Kier alpha value is 0.180. The Bertz CT molecular complexity index is 73.3. The lowest BCUT2D eigenvalue weighted by Crippen LogP contribution is -2.02. The molecule has 0 spiro atoms. The summed E-state index contributed by atoms with van der Waals surface area (Å²) in [4.78, 5) is 0.275. The summed E-state index contributed by atoms with van der Waals surface area (Å²) in [5, 5.41) is 8.56. The van der Waals surface area contributed by atoms with E-state index in [1.807, 2.05) is 6.08 Å². The van der Waals surface area contributed by atoms with Crippen molar-refractivity contribution < 1.29 is 5.11 Å². The molecule has 54 valence electrons. The standard InChI is InChI=1S/C7H13BrO/c1-2-3-4-5-7(8)6-9/h2,7,9H,1,3-6H2. The quantitative estimate of drug-likeness (QED) is 0.402. The van der Waals surface area contributed by atoms with Crippen LogP contribution in [0.5, 0.6) is 0 Å². The van der Waals surface area contributed by atoms with Gasteiger partial charge in [0, 0.05) is 4.83 Å². The van der Waals surface area contributed by atoms with Gasteiger partial charge in [-0.3, -0.25) is 0 Å². The smallest absolute Gasteiger partial charge is 0.0556 e. The molecule has 0 aliphatic heterocycles. The summed E-state index contributed by atoms with van der Waals surface area (Å²) in [6, 6.07) is 0. The summed E-state index contributed by atoms with van der Waals surface area (Å²) >= 11 is 3.32. The molecule has 0 aromatic carbocycles. The van der Waals surface area contributed by atoms with Crippen LogP contribution >= 0.6 is 15.9 Å². The van der Waals surface area contributed by atoms with Crippen LogP contribution < -0.4 is 0 Å². The molecule has 0 fully saturated rings. The van der Waals surface area contributed by atoms with Crippen LogP contribution in [0.3, 0.4) is 0 Å². The van der Waals surface area contributed by atoms with Crippen LogP contribution in [0.1, 0.15) is 19.3 Å². The van der Waals surface area contributed by atoms with Crippen molar-refractivity contribution in [2.24, 2.45) is 0 Å². The molecule has 0 saturated carbocycles. The molecule has 9 heavy (non-hydrogen) atoms. The third-order valence-corrected chi connectivity index (χ3v) is 1.87. The molecular formula is C7H13BrO. The number of aliphatic hydroxyl groups excluding tert-OH is 1. The minimum absolute atomic E-state index is 0.233. The fraction of sp³-hybridized carbons (Fsp3) is 0.714. The third kappa shape index (κ3) is 6.06. The Morgan fingerprint density at radius 1 is 1.67 bits per heavy atom. The van der Waals surface area contributed by atoms with E-state index in [1.165, 1.54) is 0 Å². The summed E-state index contributed by atoms with van der Waals surface area (Å²) in [6.45, 7) is 3.84. The fourth-order valence-electron chi connectivity index (χ4n) is 0.575. The van der Waals surface area contributed by atoms with Gasteiger partial charge in [-0.25, -0.2) is 0 Å². The van der Waals surface area contributed by atoms with Crippen molar-refractivity contribution in [1.82, 2.24) is 0 Å². The molecule has 0 heterocycles.